The largest absolute Gasteiger partial charge is 0.356 e. The second-order valence-electron chi connectivity index (χ2n) is 8.33. The predicted molar refractivity (Wildman–Crippen MR) is 134 cm³/mol. The monoisotopic (exact) mass is 459 g/mol. The molecule has 1 aromatic heterocycles. The molecule has 1 aliphatic rings. The molecule has 0 unspecified atom stereocenters. The average molecular weight is 460 g/mol. The molecule has 0 atom stereocenters. The molecule has 2 aromatic carbocycles. The first kappa shape index (κ1) is 22.9. The van der Waals surface area contributed by atoms with Crippen LogP contribution in [0.1, 0.15) is 29.0 Å². The number of carbonyl (C=O) groups excluding carboxylic acids is 2. The van der Waals surface area contributed by atoms with E-state index >= 15 is 0 Å². The zero-order valence-electron chi connectivity index (χ0n) is 18.9. The first-order chi connectivity index (χ1) is 16.1. The summed E-state index contributed by atoms with van der Waals surface area (Å²) in [6.45, 7) is 3.87. The van der Waals surface area contributed by atoms with E-state index in [1.165, 1.54) is 5.56 Å². The van der Waals surface area contributed by atoms with E-state index in [1.807, 2.05) is 48.2 Å². The normalized spacial score (nSPS) is 14.5. The Balaban J connectivity index is 1.18. The predicted octanol–water partition coefficient (Wildman–Crippen LogP) is 4.73. The Morgan fingerprint density at radius 1 is 1.09 bits per heavy atom. The molecule has 2 amide bonds. The van der Waals surface area contributed by atoms with E-state index in [2.05, 4.69) is 39.9 Å². The van der Waals surface area contributed by atoms with Gasteiger partial charge in [0.25, 0.3) is 0 Å². The highest BCUT2D eigenvalue weighted by Gasteiger charge is 2.26. The van der Waals surface area contributed by atoms with E-state index in [-0.39, 0.29) is 17.7 Å². The first-order valence-corrected chi connectivity index (χ1v) is 12.3. The lowest BCUT2D eigenvalue weighted by Crippen LogP contribution is -2.42. The van der Waals surface area contributed by atoms with Crippen LogP contribution in [0, 0.1) is 12.8 Å². The summed E-state index contributed by atoms with van der Waals surface area (Å²) >= 11 is 1.65. The van der Waals surface area contributed by atoms with Crippen LogP contribution in [0.15, 0.2) is 66.1 Å². The fourth-order valence-electron chi connectivity index (χ4n) is 4.01. The SMILES string of the molecule is Cc1nc(-c2ccc(CCNC(=O)C3CCN(C(=O)C=Cc4ccccc4)CC3)cc2)cs1. The third-order valence-electron chi connectivity index (χ3n) is 5.98. The lowest BCUT2D eigenvalue weighted by atomic mass is 9.95. The van der Waals surface area contributed by atoms with E-state index in [1.54, 1.807) is 17.4 Å². The van der Waals surface area contributed by atoms with Gasteiger partial charge >= 0.3 is 0 Å². The van der Waals surface area contributed by atoms with Gasteiger partial charge in [0.1, 0.15) is 0 Å². The van der Waals surface area contributed by atoms with Crippen LogP contribution in [0.2, 0.25) is 0 Å². The van der Waals surface area contributed by atoms with Crippen molar-refractivity contribution in [3.8, 4) is 11.3 Å². The van der Waals surface area contributed by atoms with Crippen molar-refractivity contribution in [2.45, 2.75) is 26.2 Å². The Morgan fingerprint density at radius 2 is 1.82 bits per heavy atom. The average Bonchev–Trinajstić information content (AvgIpc) is 3.30. The second kappa shape index (κ2) is 11.1. The summed E-state index contributed by atoms with van der Waals surface area (Å²) in [5.41, 5.74) is 4.33. The van der Waals surface area contributed by atoms with E-state index in [0.717, 1.165) is 28.2 Å². The minimum Gasteiger partial charge on any atom is -0.356 e. The molecule has 0 aliphatic carbocycles. The van der Waals surface area contributed by atoms with Crippen molar-refractivity contribution in [2.75, 3.05) is 19.6 Å². The number of benzene rings is 2. The molecule has 2 heterocycles. The number of hydrogen-bond acceptors (Lipinski definition) is 4. The number of thiazole rings is 1. The third kappa shape index (κ3) is 6.39. The molecule has 1 N–H and O–H groups in total. The number of aryl methyl sites for hydroxylation is 1. The highest BCUT2D eigenvalue weighted by atomic mass is 32.1. The minimum atomic E-state index is -0.0255. The molecule has 0 saturated carbocycles. The number of piperidine rings is 1. The van der Waals surface area contributed by atoms with Crippen LogP contribution in [0.5, 0.6) is 0 Å². The Hall–Kier alpha value is -3.25. The van der Waals surface area contributed by atoms with Gasteiger partial charge in [-0.15, -0.1) is 11.3 Å². The molecule has 0 bridgehead atoms. The quantitative estimate of drug-likeness (QED) is 0.520. The lowest BCUT2D eigenvalue weighted by molar-refractivity contribution is -0.132. The number of amides is 2. The van der Waals surface area contributed by atoms with Gasteiger partial charge in [0.15, 0.2) is 0 Å². The fourth-order valence-corrected chi connectivity index (χ4v) is 4.63. The molecule has 33 heavy (non-hydrogen) atoms. The van der Waals surface area contributed by atoms with Crippen molar-refractivity contribution in [3.63, 3.8) is 0 Å². The lowest BCUT2D eigenvalue weighted by Gasteiger charge is -2.30. The van der Waals surface area contributed by atoms with Gasteiger partial charge in [0.05, 0.1) is 10.7 Å². The van der Waals surface area contributed by atoms with Crippen LogP contribution in [0.25, 0.3) is 17.3 Å². The first-order valence-electron chi connectivity index (χ1n) is 11.4. The molecular formula is C27H29N3O2S. The Morgan fingerprint density at radius 3 is 2.48 bits per heavy atom. The summed E-state index contributed by atoms with van der Waals surface area (Å²) < 4.78 is 0. The number of nitrogens with one attached hydrogen (secondary N) is 1. The standard InChI is InChI=1S/C27H29N3O2S/c1-20-29-25(19-33-20)23-10-7-22(8-11-23)13-16-28-27(32)24-14-17-30(18-15-24)26(31)12-9-21-5-3-2-4-6-21/h2-12,19,24H,13-18H2,1H3,(H,28,32). The van der Waals surface area contributed by atoms with Crippen LogP contribution in [-0.4, -0.2) is 41.3 Å². The summed E-state index contributed by atoms with van der Waals surface area (Å²) in [5, 5.41) is 6.21. The van der Waals surface area contributed by atoms with Gasteiger partial charge in [-0.2, -0.15) is 0 Å². The van der Waals surface area contributed by atoms with Crippen molar-refractivity contribution in [2.24, 2.45) is 5.92 Å². The van der Waals surface area contributed by atoms with Crippen LogP contribution in [0.4, 0.5) is 0 Å². The maximum Gasteiger partial charge on any atom is 0.246 e. The number of carbonyl (C=O) groups is 2. The summed E-state index contributed by atoms with van der Waals surface area (Å²) in [6.07, 6.45) is 5.67. The van der Waals surface area contributed by atoms with Crippen LogP contribution in [-0.2, 0) is 16.0 Å². The van der Waals surface area contributed by atoms with Crippen molar-refractivity contribution >= 4 is 29.2 Å². The fraction of sp³-hybridized carbons (Fsp3) is 0.296. The van der Waals surface area contributed by atoms with E-state index in [4.69, 9.17) is 0 Å². The molecule has 0 spiro atoms. The van der Waals surface area contributed by atoms with Crippen molar-refractivity contribution < 1.29 is 9.59 Å². The van der Waals surface area contributed by atoms with Gasteiger partial charge in [-0.1, -0.05) is 54.6 Å². The van der Waals surface area contributed by atoms with Crippen molar-refractivity contribution in [1.82, 2.24) is 15.2 Å². The van der Waals surface area contributed by atoms with Gasteiger partial charge < -0.3 is 10.2 Å². The second-order valence-corrected chi connectivity index (χ2v) is 9.40. The Labute approximate surface area is 199 Å². The maximum atomic E-state index is 12.6. The number of hydrogen-bond donors (Lipinski definition) is 1. The number of nitrogens with zero attached hydrogens (tertiary/aromatic N) is 2. The molecular weight excluding hydrogens is 430 g/mol. The molecule has 0 radical (unpaired) electrons. The van der Waals surface area contributed by atoms with E-state index < -0.39 is 0 Å². The van der Waals surface area contributed by atoms with Crippen molar-refractivity contribution in [1.29, 1.82) is 0 Å². The van der Waals surface area contributed by atoms with Crippen molar-refractivity contribution in [3.05, 3.63) is 82.2 Å². The molecule has 1 saturated heterocycles. The summed E-state index contributed by atoms with van der Waals surface area (Å²) in [6, 6.07) is 18.2. The number of aromatic nitrogens is 1. The summed E-state index contributed by atoms with van der Waals surface area (Å²) in [4.78, 5) is 31.4. The zero-order chi connectivity index (χ0) is 23.0. The van der Waals surface area contributed by atoms with E-state index in [0.29, 0.717) is 32.5 Å². The number of likely N-dealkylation sites (tertiary alicyclic amines) is 1. The van der Waals surface area contributed by atoms with Crippen LogP contribution < -0.4 is 5.32 Å². The number of rotatable bonds is 7. The molecule has 3 aromatic rings. The highest BCUT2D eigenvalue weighted by Crippen LogP contribution is 2.22. The molecule has 4 rings (SSSR count). The van der Waals surface area contributed by atoms with Gasteiger partial charge in [-0.25, -0.2) is 4.98 Å². The van der Waals surface area contributed by atoms with Gasteiger partial charge in [0.2, 0.25) is 11.8 Å². The minimum absolute atomic E-state index is 0.00831. The maximum absolute atomic E-state index is 12.6. The third-order valence-corrected chi connectivity index (χ3v) is 6.75. The Bertz CT molecular complexity index is 1100. The summed E-state index contributed by atoms with van der Waals surface area (Å²) in [7, 11) is 0. The van der Waals surface area contributed by atoms with Gasteiger partial charge in [-0.05, 0) is 43.4 Å². The molecule has 1 fully saturated rings. The highest BCUT2D eigenvalue weighted by molar-refractivity contribution is 7.09. The smallest absolute Gasteiger partial charge is 0.246 e. The van der Waals surface area contributed by atoms with Crippen LogP contribution >= 0.6 is 11.3 Å². The molecule has 5 nitrogen and oxygen atoms in total. The Kier molecular flexibility index (Phi) is 7.68. The summed E-state index contributed by atoms with van der Waals surface area (Å²) in [5.74, 6) is 0.0768. The van der Waals surface area contributed by atoms with Crippen LogP contribution in [0.3, 0.4) is 0 Å². The van der Waals surface area contributed by atoms with Gasteiger partial charge in [-0.3, -0.25) is 9.59 Å². The molecule has 170 valence electrons. The topological polar surface area (TPSA) is 62.3 Å². The molecule has 6 heteroatoms. The zero-order valence-corrected chi connectivity index (χ0v) is 19.7. The molecule has 1 aliphatic heterocycles. The van der Waals surface area contributed by atoms with Gasteiger partial charge in [0, 0.05) is 42.6 Å². The van der Waals surface area contributed by atoms with E-state index in [9.17, 15) is 9.59 Å².